The van der Waals surface area contributed by atoms with Crippen molar-refractivity contribution in [3.8, 4) is 0 Å². The zero-order valence-electron chi connectivity index (χ0n) is 11.3. The second kappa shape index (κ2) is 5.79. The lowest BCUT2D eigenvalue weighted by molar-refractivity contribution is -0.122. The maximum absolute atomic E-state index is 12.4. The molecule has 1 amide bonds. The molecule has 1 aliphatic heterocycles. The van der Waals surface area contributed by atoms with Crippen molar-refractivity contribution in [2.45, 2.75) is 45.1 Å². The van der Waals surface area contributed by atoms with Crippen molar-refractivity contribution < 1.29 is 9.59 Å². The summed E-state index contributed by atoms with van der Waals surface area (Å²) in [6, 6.07) is 0. The van der Waals surface area contributed by atoms with Crippen LogP contribution in [0, 0.1) is 0 Å². The smallest absolute Gasteiger partial charge is 0.246 e. The van der Waals surface area contributed by atoms with Crippen LogP contribution in [-0.2, 0) is 4.79 Å². The SMILES string of the molecule is CCCC1(C(=O)Nc2nc(C(C)=O)cs2)CCCN1. The summed E-state index contributed by atoms with van der Waals surface area (Å²) < 4.78 is 0. The van der Waals surface area contributed by atoms with Gasteiger partial charge >= 0.3 is 0 Å². The lowest BCUT2D eigenvalue weighted by atomic mass is 9.91. The van der Waals surface area contributed by atoms with Gasteiger partial charge in [0.05, 0.1) is 5.54 Å². The number of ketones is 1. The fraction of sp³-hybridized carbons (Fsp3) is 0.615. The first kappa shape index (κ1) is 14.1. The molecule has 0 saturated carbocycles. The minimum absolute atomic E-state index is 0.0312. The number of rotatable bonds is 5. The lowest BCUT2D eigenvalue weighted by Gasteiger charge is -2.27. The van der Waals surface area contributed by atoms with Gasteiger partial charge in [-0.1, -0.05) is 13.3 Å². The molecule has 1 aromatic rings. The Hall–Kier alpha value is -1.27. The molecule has 1 unspecified atom stereocenters. The maximum Gasteiger partial charge on any atom is 0.246 e. The molecule has 0 aromatic carbocycles. The summed E-state index contributed by atoms with van der Waals surface area (Å²) in [7, 11) is 0. The number of aromatic nitrogens is 1. The van der Waals surface area contributed by atoms with Crippen molar-refractivity contribution in [1.82, 2.24) is 10.3 Å². The molecule has 104 valence electrons. The lowest BCUT2D eigenvalue weighted by Crippen LogP contribution is -2.50. The van der Waals surface area contributed by atoms with Crippen LogP contribution in [-0.4, -0.2) is 28.8 Å². The third kappa shape index (κ3) is 3.01. The molecule has 19 heavy (non-hydrogen) atoms. The van der Waals surface area contributed by atoms with Crippen LogP contribution in [0.25, 0.3) is 0 Å². The van der Waals surface area contributed by atoms with Gasteiger partial charge in [-0.05, 0) is 25.8 Å². The quantitative estimate of drug-likeness (QED) is 0.812. The van der Waals surface area contributed by atoms with Crippen LogP contribution < -0.4 is 10.6 Å². The van der Waals surface area contributed by atoms with Gasteiger partial charge in [-0.15, -0.1) is 11.3 Å². The van der Waals surface area contributed by atoms with E-state index in [1.807, 2.05) is 0 Å². The molecule has 1 aromatic heterocycles. The highest BCUT2D eigenvalue weighted by Crippen LogP contribution is 2.27. The average Bonchev–Trinajstić information content (AvgIpc) is 2.99. The first-order valence-corrected chi connectivity index (χ1v) is 7.48. The van der Waals surface area contributed by atoms with Crippen LogP contribution in [0.15, 0.2) is 5.38 Å². The third-order valence-corrected chi connectivity index (χ3v) is 4.20. The molecule has 1 atom stereocenters. The van der Waals surface area contributed by atoms with Gasteiger partial charge in [-0.25, -0.2) is 4.98 Å². The summed E-state index contributed by atoms with van der Waals surface area (Å²) in [4.78, 5) is 27.7. The van der Waals surface area contributed by atoms with E-state index in [-0.39, 0.29) is 11.7 Å². The number of carbonyl (C=O) groups excluding carboxylic acids is 2. The second-order valence-corrected chi connectivity index (χ2v) is 5.77. The monoisotopic (exact) mass is 281 g/mol. The van der Waals surface area contributed by atoms with Crippen LogP contribution in [0.1, 0.15) is 50.0 Å². The predicted molar refractivity (Wildman–Crippen MR) is 75.6 cm³/mol. The summed E-state index contributed by atoms with van der Waals surface area (Å²) in [6.45, 7) is 4.42. The number of anilines is 1. The van der Waals surface area contributed by atoms with Crippen molar-refractivity contribution >= 4 is 28.2 Å². The largest absolute Gasteiger partial charge is 0.303 e. The molecular formula is C13H19N3O2S. The number of carbonyl (C=O) groups is 2. The van der Waals surface area contributed by atoms with Gasteiger partial charge in [-0.2, -0.15) is 0 Å². The van der Waals surface area contributed by atoms with Crippen molar-refractivity contribution in [1.29, 1.82) is 0 Å². The van der Waals surface area contributed by atoms with E-state index < -0.39 is 5.54 Å². The molecule has 5 nitrogen and oxygen atoms in total. The van der Waals surface area contributed by atoms with Gasteiger partial charge in [0.1, 0.15) is 5.69 Å². The van der Waals surface area contributed by atoms with E-state index in [2.05, 4.69) is 22.5 Å². The molecule has 2 rings (SSSR count). The number of hydrogen-bond acceptors (Lipinski definition) is 5. The van der Waals surface area contributed by atoms with Crippen molar-refractivity contribution in [2.24, 2.45) is 0 Å². The fourth-order valence-corrected chi connectivity index (χ4v) is 3.21. The van der Waals surface area contributed by atoms with E-state index >= 15 is 0 Å². The van der Waals surface area contributed by atoms with Crippen molar-refractivity contribution in [2.75, 3.05) is 11.9 Å². The predicted octanol–water partition coefficient (Wildman–Crippen LogP) is 2.21. The number of nitrogens with zero attached hydrogens (tertiary/aromatic N) is 1. The Balaban J connectivity index is 2.08. The first-order chi connectivity index (χ1) is 9.07. The molecule has 2 N–H and O–H groups in total. The number of hydrogen-bond donors (Lipinski definition) is 2. The van der Waals surface area contributed by atoms with Gasteiger partial charge < -0.3 is 10.6 Å². The van der Waals surface area contributed by atoms with E-state index in [4.69, 9.17) is 0 Å². The van der Waals surface area contributed by atoms with Crippen molar-refractivity contribution in [3.63, 3.8) is 0 Å². The van der Waals surface area contributed by atoms with E-state index in [1.54, 1.807) is 5.38 Å². The van der Waals surface area contributed by atoms with Crippen LogP contribution in [0.3, 0.4) is 0 Å². The Labute approximate surface area is 116 Å². The Morgan fingerprint density at radius 2 is 2.37 bits per heavy atom. The zero-order chi connectivity index (χ0) is 13.9. The van der Waals surface area contributed by atoms with E-state index in [0.29, 0.717) is 10.8 Å². The fourth-order valence-electron chi connectivity index (χ4n) is 2.46. The molecule has 1 saturated heterocycles. The molecule has 6 heteroatoms. The van der Waals surface area contributed by atoms with Gasteiger partial charge in [-0.3, -0.25) is 9.59 Å². The van der Waals surface area contributed by atoms with E-state index in [9.17, 15) is 9.59 Å². The van der Waals surface area contributed by atoms with Crippen LogP contribution in [0.2, 0.25) is 0 Å². The summed E-state index contributed by atoms with van der Waals surface area (Å²) >= 11 is 1.29. The summed E-state index contributed by atoms with van der Waals surface area (Å²) in [5.41, 5.74) is -0.0548. The van der Waals surface area contributed by atoms with Crippen LogP contribution >= 0.6 is 11.3 Å². The molecule has 0 spiro atoms. The Bertz CT molecular complexity index is 478. The molecule has 2 heterocycles. The maximum atomic E-state index is 12.4. The zero-order valence-corrected chi connectivity index (χ0v) is 12.1. The molecule has 0 aliphatic carbocycles. The van der Waals surface area contributed by atoms with Gasteiger partial charge in [0, 0.05) is 12.3 Å². The molecule has 0 bridgehead atoms. The minimum atomic E-state index is -0.462. The molecule has 0 radical (unpaired) electrons. The Morgan fingerprint density at radius 1 is 1.58 bits per heavy atom. The van der Waals surface area contributed by atoms with Gasteiger partial charge in [0.15, 0.2) is 10.9 Å². The normalized spacial score (nSPS) is 22.4. The molecule has 1 aliphatic rings. The second-order valence-electron chi connectivity index (χ2n) is 4.91. The first-order valence-electron chi connectivity index (χ1n) is 6.60. The summed E-state index contributed by atoms with van der Waals surface area (Å²) in [5, 5.41) is 8.33. The Kier molecular flexibility index (Phi) is 4.31. The number of thiazole rings is 1. The Morgan fingerprint density at radius 3 is 2.89 bits per heavy atom. The number of Topliss-reactive ketones (excluding diaryl/α,β-unsaturated/α-hetero) is 1. The van der Waals surface area contributed by atoms with Crippen molar-refractivity contribution in [3.05, 3.63) is 11.1 Å². The molecular weight excluding hydrogens is 262 g/mol. The van der Waals surface area contributed by atoms with Gasteiger partial charge in [0.25, 0.3) is 0 Å². The number of amides is 1. The topological polar surface area (TPSA) is 71.1 Å². The average molecular weight is 281 g/mol. The summed E-state index contributed by atoms with van der Waals surface area (Å²) in [6.07, 6.45) is 3.66. The highest BCUT2D eigenvalue weighted by atomic mass is 32.1. The van der Waals surface area contributed by atoms with Crippen LogP contribution in [0.5, 0.6) is 0 Å². The standard InChI is InChI=1S/C13H19N3O2S/c1-3-5-13(6-4-7-14-13)11(18)16-12-15-10(8-19-12)9(2)17/h8,14H,3-7H2,1-2H3,(H,15,16,18). The third-order valence-electron chi connectivity index (χ3n) is 3.44. The minimum Gasteiger partial charge on any atom is -0.303 e. The van der Waals surface area contributed by atoms with E-state index in [0.717, 1.165) is 32.2 Å². The van der Waals surface area contributed by atoms with E-state index in [1.165, 1.54) is 18.3 Å². The number of nitrogens with one attached hydrogen (secondary N) is 2. The highest BCUT2D eigenvalue weighted by Gasteiger charge is 2.40. The van der Waals surface area contributed by atoms with Gasteiger partial charge in [0.2, 0.25) is 5.91 Å². The summed E-state index contributed by atoms with van der Waals surface area (Å²) in [5.74, 6) is -0.115. The molecule has 1 fully saturated rings. The van der Waals surface area contributed by atoms with Crippen LogP contribution in [0.4, 0.5) is 5.13 Å². The highest BCUT2D eigenvalue weighted by molar-refractivity contribution is 7.14.